The number of nitrogens with two attached hydrogens (primary N) is 1. The van der Waals surface area contributed by atoms with Crippen molar-refractivity contribution in [1.82, 2.24) is 14.8 Å². The summed E-state index contributed by atoms with van der Waals surface area (Å²) in [5.74, 6) is 0.523. The molecule has 11 heteroatoms. The van der Waals surface area contributed by atoms with E-state index in [0.29, 0.717) is 5.75 Å². The van der Waals surface area contributed by atoms with Crippen molar-refractivity contribution >= 4 is 40.6 Å². The molecule has 158 valence electrons. The van der Waals surface area contributed by atoms with Gasteiger partial charge < -0.3 is 15.8 Å². The number of H-pyrrole nitrogens is 1. The number of halogens is 2. The lowest BCUT2D eigenvalue weighted by molar-refractivity contribution is -0.118. The quantitative estimate of drug-likeness (QED) is 0.551. The predicted molar refractivity (Wildman–Crippen MR) is 115 cm³/mol. The van der Waals surface area contributed by atoms with Crippen LogP contribution < -0.4 is 27.0 Å². The van der Waals surface area contributed by atoms with E-state index in [4.69, 9.17) is 33.7 Å². The molecule has 2 atom stereocenters. The number of fused-ring (bicyclic) bond motifs is 2. The van der Waals surface area contributed by atoms with E-state index in [1.807, 2.05) is 13.0 Å². The highest BCUT2D eigenvalue weighted by molar-refractivity contribution is 6.37. The maximum Gasteiger partial charge on any atom is 0.349 e. The number of aromatic amines is 1. The number of carbonyl (C=O) groups is 1. The molecule has 5 rings (SSSR count). The number of carbonyl (C=O) groups excluding carboxylic acids is 1. The summed E-state index contributed by atoms with van der Waals surface area (Å²) in [7, 11) is 0. The minimum atomic E-state index is -0.792. The van der Waals surface area contributed by atoms with Crippen molar-refractivity contribution in [2.24, 2.45) is 5.92 Å². The molecule has 0 radical (unpaired) electrons. The van der Waals surface area contributed by atoms with Gasteiger partial charge in [0.25, 0.3) is 5.56 Å². The third-order valence-corrected chi connectivity index (χ3v) is 6.30. The lowest BCUT2D eigenvalue weighted by Gasteiger charge is -2.14. The average Bonchev–Trinajstić information content (AvgIpc) is 3.32. The normalized spacial score (nSPS) is 21.1. The molecule has 0 saturated heterocycles. The number of hydrogen-bond acceptors (Lipinski definition) is 6. The van der Waals surface area contributed by atoms with Crippen LogP contribution in [0.15, 0.2) is 39.9 Å². The van der Waals surface area contributed by atoms with Gasteiger partial charge in [0.2, 0.25) is 11.7 Å². The molecule has 3 aromatic rings. The van der Waals surface area contributed by atoms with E-state index in [1.54, 1.807) is 12.1 Å². The molecule has 31 heavy (non-hydrogen) atoms. The molecule has 0 bridgehead atoms. The third kappa shape index (κ3) is 2.92. The summed E-state index contributed by atoms with van der Waals surface area (Å²) in [6.07, 6.45) is 0.787. The molecule has 9 nitrogen and oxygen atoms in total. The number of benzene rings is 2. The fraction of sp³-hybridized carbons (Fsp3) is 0.200. The van der Waals surface area contributed by atoms with E-state index in [1.165, 1.54) is 12.1 Å². The van der Waals surface area contributed by atoms with Crippen LogP contribution in [-0.4, -0.2) is 20.7 Å². The van der Waals surface area contributed by atoms with Gasteiger partial charge in [0.15, 0.2) is 5.75 Å². The number of aromatic nitrogens is 3. The molecule has 2 aromatic carbocycles. The number of rotatable bonds is 3. The second-order valence-corrected chi connectivity index (χ2v) is 8.45. The van der Waals surface area contributed by atoms with Crippen LogP contribution >= 0.6 is 23.2 Å². The van der Waals surface area contributed by atoms with Crippen molar-refractivity contribution in [2.45, 2.75) is 18.8 Å². The summed E-state index contributed by atoms with van der Waals surface area (Å²) in [6, 6.07) is 8.13. The van der Waals surface area contributed by atoms with Gasteiger partial charge in [0.1, 0.15) is 5.75 Å². The second-order valence-electron chi connectivity index (χ2n) is 7.63. The van der Waals surface area contributed by atoms with E-state index < -0.39 is 16.7 Å². The van der Waals surface area contributed by atoms with Crippen LogP contribution in [-0.2, 0) is 10.2 Å². The van der Waals surface area contributed by atoms with Crippen molar-refractivity contribution < 1.29 is 9.53 Å². The Bertz CT molecular complexity index is 1380. The summed E-state index contributed by atoms with van der Waals surface area (Å²) in [5.41, 5.74) is 5.28. The number of hydrogen-bond donors (Lipinski definition) is 3. The maximum absolute atomic E-state index is 12.4. The Kier molecular flexibility index (Phi) is 4.18. The Morgan fingerprint density at radius 2 is 1.87 bits per heavy atom. The fourth-order valence-electron chi connectivity index (χ4n) is 4.01. The van der Waals surface area contributed by atoms with Gasteiger partial charge >= 0.3 is 5.69 Å². The number of anilines is 2. The average molecular weight is 460 g/mol. The molecule has 1 aromatic heterocycles. The molecule has 1 saturated carbocycles. The van der Waals surface area contributed by atoms with Gasteiger partial charge in [0, 0.05) is 5.69 Å². The van der Waals surface area contributed by atoms with Gasteiger partial charge in [-0.15, -0.1) is 5.10 Å². The molecule has 4 N–H and O–H groups in total. The number of nitrogens with one attached hydrogen (secondary N) is 2. The van der Waals surface area contributed by atoms with Gasteiger partial charge in [0.05, 0.1) is 21.1 Å². The van der Waals surface area contributed by atoms with E-state index in [9.17, 15) is 14.4 Å². The Morgan fingerprint density at radius 3 is 2.52 bits per heavy atom. The van der Waals surface area contributed by atoms with E-state index in [0.717, 1.165) is 22.4 Å². The third-order valence-electron chi connectivity index (χ3n) is 5.74. The van der Waals surface area contributed by atoms with Crippen molar-refractivity contribution in [3.63, 3.8) is 0 Å². The Morgan fingerprint density at radius 1 is 1.19 bits per heavy atom. The van der Waals surface area contributed by atoms with Crippen molar-refractivity contribution in [3.8, 4) is 17.2 Å². The first-order chi connectivity index (χ1) is 14.7. The van der Waals surface area contributed by atoms with Gasteiger partial charge in [-0.1, -0.05) is 30.1 Å². The highest BCUT2D eigenvalue weighted by atomic mass is 35.5. The fourth-order valence-corrected chi connectivity index (χ4v) is 4.56. The summed E-state index contributed by atoms with van der Waals surface area (Å²) in [5, 5.41) is 6.90. The molecule has 1 spiro atoms. The molecular formula is C20H15Cl2N5O4. The molecule has 1 fully saturated rings. The van der Waals surface area contributed by atoms with Crippen LogP contribution in [0, 0.1) is 5.92 Å². The Labute approximate surface area is 184 Å². The smallest absolute Gasteiger partial charge is 0.349 e. The number of nitrogen functional groups attached to an aromatic ring is 1. The largest absolute Gasteiger partial charge is 0.454 e. The van der Waals surface area contributed by atoms with Gasteiger partial charge in [-0.05, 0) is 48.2 Å². The number of nitrogens with zero attached hydrogens (tertiary/aromatic N) is 2. The first kappa shape index (κ1) is 19.7. The first-order valence-electron chi connectivity index (χ1n) is 9.33. The molecule has 1 amide bonds. The van der Waals surface area contributed by atoms with Gasteiger partial charge in [-0.3, -0.25) is 14.6 Å². The maximum atomic E-state index is 12.4. The van der Waals surface area contributed by atoms with Crippen molar-refractivity contribution in [1.29, 1.82) is 0 Å². The molecule has 2 heterocycles. The number of amides is 1. The summed E-state index contributed by atoms with van der Waals surface area (Å²) in [4.78, 5) is 37.9. The van der Waals surface area contributed by atoms with Gasteiger partial charge in [-0.25, -0.2) is 4.79 Å². The molecular weight excluding hydrogens is 445 g/mol. The molecule has 2 aliphatic rings. The minimum Gasteiger partial charge on any atom is -0.454 e. The van der Waals surface area contributed by atoms with Crippen LogP contribution in [0.4, 0.5) is 11.5 Å². The Hall–Kier alpha value is -3.30. The second kappa shape index (κ2) is 6.60. The monoisotopic (exact) mass is 459 g/mol. The predicted octanol–water partition coefficient (Wildman–Crippen LogP) is 2.83. The van der Waals surface area contributed by atoms with E-state index in [2.05, 4.69) is 15.4 Å². The topological polar surface area (TPSA) is 132 Å². The van der Waals surface area contributed by atoms with E-state index in [-0.39, 0.29) is 39.1 Å². The SMILES string of the molecule is CC1CC12C(=O)Nc1ccc(Oc3c(Cl)cc(-n4nc(N)c(=O)[nH]c4=O)cc3Cl)cc12. The Balaban J connectivity index is 1.51. The van der Waals surface area contributed by atoms with Crippen LogP contribution in [0.3, 0.4) is 0 Å². The zero-order valence-corrected chi connectivity index (χ0v) is 17.5. The first-order valence-corrected chi connectivity index (χ1v) is 10.1. The molecule has 2 unspecified atom stereocenters. The van der Waals surface area contributed by atoms with Crippen molar-refractivity contribution in [3.05, 3.63) is 66.8 Å². The van der Waals surface area contributed by atoms with Gasteiger partial charge in [-0.2, -0.15) is 4.68 Å². The van der Waals surface area contributed by atoms with Crippen LogP contribution in [0.2, 0.25) is 10.0 Å². The van der Waals surface area contributed by atoms with Crippen molar-refractivity contribution in [2.75, 3.05) is 11.1 Å². The molecule has 1 aliphatic carbocycles. The lowest BCUT2D eigenvalue weighted by atomic mass is 9.95. The minimum absolute atomic E-state index is 0.00526. The summed E-state index contributed by atoms with van der Waals surface area (Å²) >= 11 is 12.7. The highest BCUT2D eigenvalue weighted by Gasteiger charge is 2.62. The van der Waals surface area contributed by atoms with Crippen LogP contribution in [0.25, 0.3) is 5.69 Å². The van der Waals surface area contributed by atoms with Crippen LogP contribution in [0.1, 0.15) is 18.9 Å². The zero-order valence-electron chi connectivity index (χ0n) is 16.0. The zero-order chi connectivity index (χ0) is 22.1. The lowest BCUT2D eigenvalue weighted by Crippen LogP contribution is -2.33. The summed E-state index contributed by atoms with van der Waals surface area (Å²) < 4.78 is 6.81. The van der Waals surface area contributed by atoms with E-state index >= 15 is 0 Å². The summed E-state index contributed by atoms with van der Waals surface area (Å²) in [6.45, 7) is 2.04. The number of ether oxygens (including phenoxy) is 1. The molecule has 1 aliphatic heterocycles. The van der Waals surface area contributed by atoms with Crippen LogP contribution in [0.5, 0.6) is 11.5 Å². The standard InChI is InChI=1S/C20H15Cl2N5O4/c1-8-7-20(8)11-6-10(2-3-14(11)24-18(20)29)31-15-12(21)4-9(5-13(15)22)27-19(30)25-17(28)16(23)26-27/h2-6,8H,7H2,1H3,(H2,23,26)(H,24,29)(H,25,28,30). The highest BCUT2D eigenvalue weighted by Crippen LogP contribution is 2.60.